The Labute approximate surface area is 236 Å². The average molecular weight is 553 g/mol. The second-order valence-corrected chi connectivity index (χ2v) is 9.17. The molecule has 2 aromatic rings. The molecule has 10 heteroatoms. The molecule has 0 amide bonds. The van der Waals surface area contributed by atoms with E-state index in [0.717, 1.165) is 11.1 Å². The van der Waals surface area contributed by atoms with Gasteiger partial charge in [-0.3, -0.25) is 20.0 Å². The molecule has 216 valence electrons. The first-order chi connectivity index (χ1) is 19.5. The van der Waals surface area contributed by atoms with Gasteiger partial charge in [-0.1, -0.05) is 0 Å². The number of hydrogen-bond acceptors (Lipinski definition) is 10. The number of phenolic OH excluding ortho intramolecular Hbond substituents is 2. The Morgan fingerprint density at radius 3 is 0.950 bits per heavy atom. The fraction of sp³-hybridized carbons (Fsp3) is 0.467. The van der Waals surface area contributed by atoms with Gasteiger partial charge in [-0.2, -0.15) is 0 Å². The lowest BCUT2D eigenvalue weighted by molar-refractivity contribution is 0.0541. The SMILES string of the molecule is Cc1cc2c(O)c(c1)C=NCCOCCOCCN=Cc1cc(C)cc(c1O)C=NCCOCCOCCN=C2. The molecule has 10 nitrogen and oxygen atoms in total. The molecule has 40 heavy (non-hydrogen) atoms. The monoisotopic (exact) mass is 552 g/mol. The highest BCUT2D eigenvalue weighted by molar-refractivity contribution is 5.93. The topological polar surface area (TPSA) is 127 Å². The molecular formula is C30H40N4O6. The van der Waals surface area contributed by atoms with Gasteiger partial charge in [-0.15, -0.1) is 0 Å². The van der Waals surface area contributed by atoms with E-state index in [1.165, 1.54) is 0 Å². The van der Waals surface area contributed by atoms with Gasteiger partial charge in [0.25, 0.3) is 0 Å². The number of fused-ring (bicyclic) bond motifs is 4. The van der Waals surface area contributed by atoms with Crippen molar-refractivity contribution in [3.8, 4) is 11.5 Å². The molecule has 1 aliphatic heterocycles. The van der Waals surface area contributed by atoms with Gasteiger partial charge in [0.15, 0.2) is 0 Å². The van der Waals surface area contributed by atoms with Crippen LogP contribution in [-0.2, 0) is 18.9 Å². The number of aromatic hydroxyl groups is 2. The van der Waals surface area contributed by atoms with Gasteiger partial charge in [0.1, 0.15) is 11.5 Å². The van der Waals surface area contributed by atoms with Crippen molar-refractivity contribution >= 4 is 24.9 Å². The van der Waals surface area contributed by atoms with Crippen molar-refractivity contribution in [2.45, 2.75) is 13.8 Å². The second kappa shape index (κ2) is 18.0. The van der Waals surface area contributed by atoms with Crippen LogP contribution in [0.25, 0.3) is 0 Å². The zero-order chi connectivity index (χ0) is 28.4. The molecule has 4 bridgehead atoms. The molecular weight excluding hydrogens is 512 g/mol. The van der Waals surface area contributed by atoms with Crippen LogP contribution in [0.1, 0.15) is 33.4 Å². The van der Waals surface area contributed by atoms with Gasteiger partial charge in [-0.25, -0.2) is 0 Å². The smallest absolute Gasteiger partial charge is 0.133 e. The standard InChI is InChI=1S/C30H40N4O6/c1-23-15-25-19-31-3-7-37-11-13-39-9-5-33-21-27-17-24(2)18-28(30(27)36)22-34-6-10-40-14-12-38-8-4-32-20-26(16-23)29(25)35/h15-22,35-36H,3-14H2,1-2H3. The molecule has 0 spiro atoms. The molecule has 2 N–H and O–H groups in total. The highest BCUT2D eigenvalue weighted by atomic mass is 16.5. The maximum absolute atomic E-state index is 10.6. The largest absolute Gasteiger partial charge is 0.507 e. The van der Waals surface area contributed by atoms with Crippen molar-refractivity contribution in [3.63, 3.8) is 0 Å². The van der Waals surface area contributed by atoms with Crippen LogP contribution in [0.15, 0.2) is 44.2 Å². The van der Waals surface area contributed by atoms with Crippen LogP contribution in [0.4, 0.5) is 0 Å². The van der Waals surface area contributed by atoms with E-state index in [1.54, 1.807) is 24.9 Å². The predicted molar refractivity (Wildman–Crippen MR) is 159 cm³/mol. The minimum atomic E-state index is 0.143. The number of aryl methyl sites for hydroxylation is 2. The Balaban J connectivity index is 1.56. The van der Waals surface area contributed by atoms with E-state index in [0.29, 0.717) is 101 Å². The Hall–Kier alpha value is -3.44. The van der Waals surface area contributed by atoms with E-state index in [-0.39, 0.29) is 11.5 Å². The van der Waals surface area contributed by atoms with Gasteiger partial charge < -0.3 is 29.2 Å². The van der Waals surface area contributed by atoms with E-state index >= 15 is 0 Å². The number of hydrogen-bond donors (Lipinski definition) is 2. The van der Waals surface area contributed by atoms with Crippen LogP contribution in [0.3, 0.4) is 0 Å². The van der Waals surface area contributed by atoms with Crippen molar-refractivity contribution in [1.29, 1.82) is 0 Å². The molecule has 1 aliphatic rings. The van der Waals surface area contributed by atoms with Gasteiger partial charge >= 0.3 is 0 Å². The Morgan fingerprint density at radius 2 is 0.700 bits per heavy atom. The molecule has 0 aromatic heterocycles. The molecule has 1 heterocycles. The first kappa shape index (κ1) is 31.1. The van der Waals surface area contributed by atoms with E-state index in [4.69, 9.17) is 18.9 Å². The summed E-state index contributed by atoms with van der Waals surface area (Å²) in [5, 5.41) is 21.2. The Bertz CT molecular complexity index is 1010. The highest BCUT2D eigenvalue weighted by Crippen LogP contribution is 2.23. The third-order valence-corrected chi connectivity index (χ3v) is 5.75. The lowest BCUT2D eigenvalue weighted by Crippen LogP contribution is -2.09. The summed E-state index contributed by atoms with van der Waals surface area (Å²) >= 11 is 0. The van der Waals surface area contributed by atoms with E-state index < -0.39 is 0 Å². The van der Waals surface area contributed by atoms with Crippen molar-refractivity contribution in [1.82, 2.24) is 0 Å². The Kier molecular flexibility index (Phi) is 14.0. The molecule has 0 aliphatic carbocycles. The fourth-order valence-corrected chi connectivity index (χ4v) is 3.83. The summed E-state index contributed by atoms with van der Waals surface area (Å²) in [4.78, 5) is 17.5. The number of aliphatic imine (C=N–C) groups is 4. The lowest BCUT2D eigenvalue weighted by atomic mass is 10.1. The summed E-state index contributed by atoms with van der Waals surface area (Å²) in [7, 11) is 0. The molecule has 0 saturated carbocycles. The number of phenols is 2. The van der Waals surface area contributed by atoms with Gasteiger partial charge in [-0.05, 0) is 49.2 Å². The summed E-state index contributed by atoms with van der Waals surface area (Å²) in [5.41, 5.74) is 4.55. The minimum Gasteiger partial charge on any atom is -0.507 e. The molecule has 0 unspecified atom stereocenters. The molecule has 3 rings (SSSR count). The summed E-state index contributed by atoms with van der Waals surface area (Å²) in [6.07, 6.45) is 6.61. The fourth-order valence-electron chi connectivity index (χ4n) is 3.83. The molecule has 2 aromatic carbocycles. The second-order valence-electron chi connectivity index (χ2n) is 9.17. The van der Waals surface area contributed by atoms with E-state index in [1.807, 2.05) is 38.1 Å². The first-order valence-corrected chi connectivity index (χ1v) is 13.5. The van der Waals surface area contributed by atoms with Crippen LogP contribution in [0.2, 0.25) is 0 Å². The zero-order valence-electron chi connectivity index (χ0n) is 23.4. The van der Waals surface area contributed by atoms with Crippen LogP contribution >= 0.6 is 0 Å². The summed E-state index contributed by atoms with van der Waals surface area (Å²) in [6, 6.07) is 7.51. The molecule has 0 fully saturated rings. The molecule has 0 atom stereocenters. The number of ether oxygens (including phenoxy) is 4. The van der Waals surface area contributed by atoms with Crippen LogP contribution in [0.5, 0.6) is 11.5 Å². The quantitative estimate of drug-likeness (QED) is 0.517. The van der Waals surface area contributed by atoms with Gasteiger partial charge in [0, 0.05) is 47.1 Å². The molecule has 0 radical (unpaired) electrons. The first-order valence-electron chi connectivity index (χ1n) is 13.5. The number of nitrogens with zero attached hydrogens (tertiary/aromatic N) is 4. The maximum atomic E-state index is 10.6. The lowest BCUT2D eigenvalue weighted by Gasteiger charge is -2.07. The van der Waals surface area contributed by atoms with Crippen molar-refractivity contribution in [3.05, 3.63) is 57.6 Å². The van der Waals surface area contributed by atoms with Gasteiger partial charge in [0.05, 0.1) is 79.0 Å². The Morgan fingerprint density at radius 1 is 0.450 bits per heavy atom. The number of rotatable bonds is 0. The van der Waals surface area contributed by atoms with Crippen molar-refractivity contribution in [2.24, 2.45) is 20.0 Å². The summed E-state index contributed by atoms with van der Waals surface area (Å²) < 4.78 is 22.3. The highest BCUT2D eigenvalue weighted by Gasteiger charge is 2.07. The van der Waals surface area contributed by atoms with Crippen molar-refractivity contribution < 1.29 is 29.2 Å². The zero-order valence-corrected chi connectivity index (χ0v) is 23.4. The third kappa shape index (κ3) is 11.4. The average Bonchev–Trinajstić information content (AvgIpc) is 2.93. The summed E-state index contributed by atoms with van der Waals surface area (Å²) in [5.74, 6) is 0.286. The maximum Gasteiger partial charge on any atom is 0.133 e. The molecule has 0 saturated heterocycles. The predicted octanol–water partition coefficient (Wildman–Crippen LogP) is 3.17. The third-order valence-electron chi connectivity index (χ3n) is 5.75. The van der Waals surface area contributed by atoms with E-state index in [2.05, 4.69) is 20.0 Å². The number of benzene rings is 2. The normalized spacial score (nSPS) is 17.4. The van der Waals surface area contributed by atoms with Crippen LogP contribution in [0, 0.1) is 13.8 Å². The minimum absolute atomic E-state index is 0.143. The van der Waals surface area contributed by atoms with E-state index in [9.17, 15) is 10.2 Å². The van der Waals surface area contributed by atoms with Crippen LogP contribution in [-0.4, -0.2) is 114 Å². The van der Waals surface area contributed by atoms with Gasteiger partial charge in [0.2, 0.25) is 0 Å². The summed E-state index contributed by atoms with van der Waals surface area (Å²) in [6.45, 7) is 9.38. The van der Waals surface area contributed by atoms with Crippen molar-refractivity contribution in [2.75, 3.05) is 79.0 Å². The van der Waals surface area contributed by atoms with Crippen LogP contribution < -0.4 is 0 Å².